The maximum Gasteiger partial charge on any atom is 0.488 e. The first-order chi connectivity index (χ1) is 28.9. The van der Waals surface area contributed by atoms with E-state index in [1.807, 2.05) is 84.9 Å². The number of hydrogen-bond acceptors (Lipinski definition) is 8. The molecule has 7 rings (SSSR count). The predicted molar refractivity (Wildman–Crippen MR) is 239 cm³/mol. The molecule has 308 valence electrons. The summed E-state index contributed by atoms with van der Waals surface area (Å²) < 4.78 is 7.41. The number of phenols is 1. The van der Waals surface area contributed by atoms with Gasteiger partial charge in [0, 0.05) is 11.5 Å². The predicted octanol–water partition coefficient (Wildman–Crippen LogP) is 5.44. The molecule has 2 amide bonds. The third-order valence-corrected chi connectivity index (χ3v) is 17.1. The Morgan fingerprint density at radius 3 is 2.02 bits per heavy atom. The topological polar surface area (TPSA) is 148 Å². The van der Waals surface area contributed by atoms with Gasteiger partial charge in [0.1, 0.15) is 5.75 Å². The number of carbonyl (C=O) groups is 2. The number of para-hydroxylation sites is 1. The lowest BCUT2D eigenvalue weighted by Crippen LogP contribution is -2.66. The number of aromatic hydroxyl groups is 1. The van der Waals surface area contributed by atoms with Gasteiger partial charge in [0.15, 0.2) is 0 Å². The van der Waals surface area contributed by atoms with Crippen LogP contribution in [0, 0.1) is 17.8 Å². The van der Waals surface area contributed by atoms with E-state index in [0.717, 1.165) is 26.4 Å². The van der Waals surface area contributed by atoms with Gasteiger partial charge in [0.25, 0.3) is 8.32 Å². The van der Waals surface area contributed by atoms with Gasteiger partial charge in [0.2, 0.25) is 11.8 Å². The van der Waals surface area contributed by atoms with Crippen molar-refractivity contribution >= 4 is 60.4 Å². The van der Waals surface area contributed by atoms with Crippen LogP contribution in [0.1, 0.15) is 51.2 Å². The molecule has 1 fully saturated rings. The molecular formula is C49H52BNO8Si. The first-order valence-corrected chi connectivity index (χ1v) is 22.4. The molecule has 0 bridgehead atoms. The Balaban J connectivity index is 1.32. The van der Waals surface area contributed by atoms with Crippen molar-refractivity contribution in [1.29, 1.82) is 0 Å². The Kier molecular flexibility index (Phi) is 12.9. The average Bonchev–Trinajstić information content (AvgIpc) is 3.51. The average molecular weight is 822 g/mol. The van der Waals surface area contributed by atoms with E-state index in [4.69, 9.17) is 4.43 Å². The Labute approximate surface area is 353 Å². The smallest absolute Gasteiger partial charge is 0.488 e. The lowest BCUT2D eigenvalue weighted by molar-refractivity contribution is -0.123. The normalized spacial score (nSPS) is 19.1. The molecule has 0 unspecified atom stereocenters. The second-order valence-electron chi connectivity index (χ2n) is 16.8. The summed E-state index contributed by atoms with van der Waals surface area (Å²) in [5.74, 6) is -3.59. The van der Waals surface area contributed by atoms with Crippen LogP contribution in [0.15, 0.2) is 151 Å². The second kappa shape index (κ2) is 18.1. The third-order valence-electron chi connectivity index (χ3n) is 12.1. The molecule has 1 heterocycles. The third kappa shape index (κ3) is 8.34. The van der Waals surface area contributed by atoms with Gasteiger partial charge in [-0.2, -0.15) is 0 Å². The van der Waals surface area contributed by atoms with Crippen molar-refractivity contribution in [3.8, 4) is 5.75 Å². The molecule has 1 aliphatic heterocycles. The zero-order valence-corrected chi connectivity index (χ0v) is 35.2. The monoisotopic (exact) mass is 821 g/mol. The Bertz CT molecular complexity index is 2320. The summed E-state index contributed by atoms with van der Waals surface area (Å²) in [5, 5.41) is 56.0. The van der Waals surface area contributed by atoms with E-state index in [9.17, 15) is 35.0 Å². The highest BCUT2D eigenvalue weighted by atomic mass is 28.4. The number of imide groups is 1. The fourth-order valence-corrected chi connectivity index (χ4v) is 13.9. The lowest BCUT2D eigenvalue weighted by atomic mass is 9.68. The van der Waals surface area contributed by atoms with Crippen molar-refractivity contribution in [2.75, 3.05) is 18.1 Å². The van der Waals surface area contributed by atoms with Crippen LogP contribution in [0.4, 0.5) is 5.69 Å². The number of aliphatic hydroxyl groups excluding tert-OH is 2. The van der Waals surface area contributed by atoms with Crippen LogP contribution in [0.2, 0.25) is 5.04 Å². The highest BCUT2D eigenvalue weighted by molar-refractivity contribution is 6.99. The molecule has 60 heavy (non-hydrogen) atoms. The van der Waals surface area contributed by atoms with Crippen molar-refractivity contribution in [3.05, 3.63) is 162 Å². The molecule has 1 saturated heterocycles. The summed E-state index contributed by atoms with van der Waals surface area (Å²) in [6.07, 6.45) is 1.49. The highest BCUT2D eigenvalue weighted by Crippen LogP contribution is 2.48. The number of rotatable bonds is 14. The molecule has 0 radical (unpaired) electrons. The van der Waals surface area contributed by atoms with E-state index in [0.29, 0.717) is 23.1 Å². The van der Waals surface area contributed by atoms with Crippen LogP contribution in [-0.2, 0) is 14.0 Å². The number of anilines is 1. The number of phenolic OH excluding ortho intramolecular Hbond substituents is 1. The number of benzene rings is 5. The molecule has 5 N–H and O–H groups in total. The minimum absolute atomic E-state index is 0.0479. The summed E-state index contributed by atoms with van der Waals surface area (Å²) in [6.45, 7) is 6.07. The summed E-state index contributed by atoms with van der Waals surface area (Å²) in [5.41, 5.74) is 3.92. The molecule has 2 aliphatic rings. The Hall–Kier alpha value is -5.40. The van der Waals surface area contributed by atoms with E-state index >= 15 is 0 Å². The standard InChI is InChI=1S/C49H52BNO8Si/c1-49(2,3)60(39-21-9-5-10-22-39,40-23-11-6-12-24-40)59-32-36-29-41-46(48(56)51(47(41)55)38-20-15-19-37(30-38)50(57)58)42(31-52)45(36)44(54)27-26-34(33-16-7-4-8-17-33)28-35-18-13-14-25-43(35)53/h4-25,28,30,41-42,44,46,52-54,57-58H,26-27,29,31-32H2,1-3H3/b34-28-/t41-,42+,44-,46-/m1/s1. The Morgan fingerprint density at radius 1 is 0.833 bits per heavy atom. The first kappa shape index (κ1) is 42.7. The van der Waals surface area contributed by atoms with Gasteiger partial charge >= 0.3 is 7.12 Å². The lowest BCUT2D eigenvalue weighted by Gasteiger charge is -2.44. The number of allylic oxidation sites excluding steroid dienone is 1. The Morgan fingerprint density at radius 2 is 1.43 bits per heavy atom. The largest absolute Gasteiger partial charge is 0.507 e. The maximum absolute atomic E-state index is 14.5. The van der Waals surface area contributed by atoms with E-state index in [1.165, 1.54) is 12.1 Å². The van der Waals surface area contributed by atoms with Gasteiger partial charge in [-0.1, -0.05) is 142 Å². The number of hydrogen-bond donors (Lipinski definition) is 5. The van der Waals surface area contributed by atoms with Crippen LogP contribution in [0.25, 0.3) is 11.6 Å². The minimum Gasteiger partial charge on any atom is -0.507 e. The molecule has 11 heteroatoms. The van der Waals surface area contributed by atoms with Gasteiger partial charge < -0.3 is 29.8 Å². The molecule has 0 spiro atoms. The molecular weight excluding hydrogens is 769 g/mol. The maximum atomic E-state index is 14.5. The summed E-state index contributed by atoms with van der Waals surface area (Å²) >= 11 is 0. The molecule has 1 aliphatic carbocycles. The van der Waals surface area contributed by atoms with Gasteiger partial charge in [-0.15, -0.1) is 0 Å². The SMILES string of the molecule is CC(C)(C)[Si](OCC1=C([C@H](O)CC/C(=C/c2ccccc2O)c2ccccc2)[C@H](CO)[C@@H]2C(=O)N(c3cccc(B(O)O)c3)C(=O)[C@@H]2C1)(c1ccccc1)c1ccccc1. The van der Waals surface area contributed by atoms with Gasteiger partial charge in [-0.05, 0) is 86.7 Å². The van der Waals surface area contributed by atoms with Crippen LogP contribution < -0.4 is 20.7 Å². The quantitative estimate of drug-likeness (QED) is 0.0431. The van der Waals surface area contributed by atoms with Crippen molar-refractivity contribution < 1.29 is 39.4 Å². The summed E-state index contributed by atoms with van der Waals surface area (Å²) in [4.78, 5) is 30.0. The zero-order valence-electron chi connectivity index (χ0n) is 34.2. The molecule has 0 saturated carbocycles. The number of aliphatic hydroxyl groups is 2. The van der Waals surface area contributed by atoms with E-state index < -0.39 is 57.7 Å². The van der Waals surface area contributed by atoms with Crippen LogP contribution >= 0.6 is 0 Å². The number of fused-ring (bicyclic) bond motifs is 1. The number of carbonyl (C=O) groups excluding carboxylic acids is 2. The van der Waals surface area contributed by atoms with E-state index in [1.54, 1.807) is 24.3 Å². The van der Waals surface area contributed by atoms with Crippen molar-refractivity contribution in [1.82, 2.24) is 0 Å². The van der Waals surface area contributed by atoms with Crippen molar-refractivity contribution in [2.24, 2.45) is 17.8 Å². The van der Waals surface area contributed by atoms with Gasteiger partial charge in [0.05, 0.1) is 36.8 Å². The molecule has 5 aromatic carbocycles. The summed E-state index contributed by atoms with van der Waals surface area (Å²) in [6, 6.07) is 43.2. The highest BCUT2D eigenvalue weighted by Gasteiger charge is 2.56. The van der Waals surface area contributed by atoms with Crippen LogP contribution in [0.3, 0.4) is 0 Å². The van der Waals surface area contributed by atoms with E-state index in [2.05, 4.69) is 45.0 Å². The van der Waals surface area contributed by atoms with Gasteiger partial charge in [-0.3, -0.25) is 14.5 Å². The van der Waals surface area contributed by atoms with Crippen LogP contribution in [0.5, 0.6) is 5.75 Å². The van der Waals surface area contributed by atoms with Crippen LogP contribution in [-0.4, -0.2) is 71.9 Å². The van der Waals surface area contributed by atoms with Gasteiger partial charge in [-0.25, -0.2) is 0 Å². The molecule has 9 nitrogen and oxygen atoms in total. The summed E-state index contributed by atoms with van der Waals surface area (Å²) in [7, 11) is -4.93. The first-order valence-electron chi connectivity index (χ1n) is 20.5. The number of amides is 2. The fraction of sp³-hybridized carbons (Fsp3) is 0.265. The van der Waals surface area contributed by atoms with Crippen molar-refractivity contribution in [2.45, 2.75) is 51.2 Å². The van der Waals surface area contributed by atoms with E-state index in [-0.39, 0.29) is 41.4 Å². The molecule has 0 aromatic heterocycles. The number of nitrogens with zero attached hydrogens (tertiary/aromatic N) is 1. The second-order valence-corrected chi connectivity index (χ2v) is 21.1. The fourth-order valence-electron chi connectivity index (χ4n) is 9.32. The zero-order chi connectivity index (χ0) is 42.6. The molecule has 5 aromatic rings. The van der Waals surface area contributed by atoms with Crippen molar-refractivity contribution in [3.63, 3.8) is 0 Å². The molecule has 4 atom stereocenters. The minimum atomic E-state index is -3.13.